The first kappa shape index (κ1) is 22.2. The summed E-state index contributed by atoms with van der Waals surface area (Å²) in [7, 11) is 0. The van der Waals surface area contributed by atoms with Crippen molar-refractivity contribution in [2.45, 2.75) is 13.3 Å². The van der Waals surface area contributed by atoms with E-state index in [2.05, 4.69) is 33.0 Å². The van der Waals surface area contributed by atoms with Gasteiger partial charge in [0.2, 0.25) is 0 Å². The summed E-state index contributed by atoms with van der Waals surface area (Å²) in [6, 6.07) is 17.2. The minimum atomic E-state index is -0.0763. The molecular weight excluding hydrogens is 466 g/mol. The van der Waals surface area contributed by atoms with Crippen molar-refractivity contribution in [2.24, 2.45) is 0 Å². The molecule has 0 saturated carbocycles. The summed E-state index contributed by atoms with van der Waals surface area (Å²) in [5.74, 6) is 1.28. The standard InChI is InChI=1S/C28H21N7O2/c1-17-7-9-34(28(17)36)21-4-5-24-23(12-21)27(19(14-29)15-30-24)33-20-3-6-25(18(2)11-20)37-22-8-10-35-26(13-22)31-16-32-35/h3-6,8,10-13,15-16H,1,7,9H2,2H3,(H,30,33). The van der Waals surface area contributed by atoms with Gasteiger partial charge < -0.3 is 15.0 Å². The number of benzene rings is 2. The number of hydrogen-bond donors (Lipinski definition) is 1. The smallest absolute Gasteiger partial charge is 0.253 e. The lowest BCUT2D eigenvalue weighted by Gasteiger charge is -2.18. The topological polar surface area (TPSA) is 108 Å². The molecule has 2 aromatic carbocycles. The summed E-state index contributed by atoms with van der Waals surface area (Å²) < 4.78 is 7.75. The number of rotatable bonds is 5. The number of nitrogens with one attached hydrogen (secondary N) is 1. The van der Waals surface area contributed by atoms with E-state index in [1.807, 2.05) is 55.5 Å². The number of carbonyl (C=O) groups excluding carboxylic acids is 1. The van der Waals surface area contributed by atoms with Gasteiger partial charge in [0, 0.05) is 47.3 Å². The Labute approximate surface area is 212 Å². The van der Waals surface area contributed by atoms with Crippen LogP contribution in [0.2, 0.25) is 0 Å². The van der Waals surface area contributed by atoms with Crippen molar-refractivity contribution in [1.29, 1.82) is 5.26 Å². The molecule has 0 atom stereocenters. The van der Waals surface area contributed by atoms with Gasteiger partial charge in [0.1, 0.15) is 23.9 Å². The number of amides is 1. The van der Waals surface area contributed by atoms with Crippen molar-refractivity contribution < 1.29 is 9.53 Å². The Morgan fingerprint density at radius 2 is 2.03 bits per heavy atom. The Balaban J connectivity index is 1.33. The zero-order valence-electron chi connectivity index (χ0n) is 20.0. The first-order valence-electron chi connectivity index (χ1n) is 11.7. The summed E-state index contributed by atoms with van der Waals surface area (Å²) in [5.41, 5.74) is 5.49. The molecule has 0 aliphatic carbocycles. The van der Waals surface area contributed by atoms with E-state index in [1.165, 1.54) is 6.33 Å². The molecule has 0 spiro atoms. The fourth-order valence-electron chi connectivity index (χ4n) is 4.43. The van der Waals surface area contributed by atoms with E-state index in [0.717, 1.165) is 27.8 Å². The largest absolute Gasteiger partial charge is 0.457 e. The third-order valence-corrected chi connectivity index (χ3v) is 6.39. The van der Waals surface area contributed by atoms with Gasteiger partial charge in [-0.2, -0.15) is 10.4 Å². The number of aromatic nitrogens is 4. The molecule has 1 aliphatic heterocycles. The van der Waals surface area contributed by atoms with Gasteiger partial charge >= 0.3 is 0 Å². The van der Waals surface area contributed by atoms with Crippen molar-refractivity contribution in [1.82, 2.24) is 19.6 Å². The first-order chi connectivity index (χ1) is 18.0. The zero-order chi connectivity index (χ0) is 25.5. The predicted octanol–water partition coefficient (Wildman–Crippen LogP) is 5.29. The zero-order valence-corrected chi connectivity index (χ0v) is 20.0. The van der Waals surface area contributed by atoms with Crippen molar-refractivity contribution in [3.05, 3.63) is 90.5 Å². The van der Waals surface area contributed by atoms with Gasteiger partial charge in [-0.3, -0.25) is 9.78 Å². The highest BCUT2D eigenvalue weighted by molar-refractivity contribution is 6.09. The van der Waals surface area contributed by atoms with E-state index in [4.69, 9.17) is 4.74 Å². The highest BCUT2D eigenvalue weighted by Gasteiger charge is 2.26. The van der Waals surface area contributed by atoms with Gasteiger partial charge in [0.05, 0.1) is 16.8 Å². The van der Waals surface area contributed by atoms with Crippen LogP contribution >= 0.6 is 0 Å². The fourth-order valence-corrected chi connectivity index (χ4v) is 4.43. The monoisotopic (exact) mass is 487 g/mol. The molecule has 9 nitrogen and oxygen atoms in total. The Kier molecular flexibility index (Phi) is 5.27. The molecule has 5 aromatic rings. The fraction of sp³-hybridized carbons (Fsp3) is 0.107. The van der Waals surface area contributed by atoms with Gasteiger partial charge in [-0.1, -0.05) is 6.58 Å². The molecular formula is C28H21N7O2. The highest BCUT2D eigenvalue weighted by Crippen LogP contribution is 2.35. The molecule has 1 amide bonds. The molecule has 0 unspecified atom stereocenters. The third kappa shape index (κ3) is 4.00. The normalized spacial score (nSPS) is 13.4. The van der Waals surface area contributed by atoms with Crippen LogP contribution in [-0.2, 0) is 4.79 Å². The second-order valence-electron chi connectivity index (χ2n) is 8.80. The maximum atomic E-state index is 12.5. The molecule has 180 valence electrons. The lowest BCUT2D eigenvalue weighted by atomic mass is 10.1. The van der Waals surface area contributed by atoms with Gasteiger partial charge in [0.15, 0.2) is 5.65 Å². The molecule has 6 rings (SSSR count). The van der Waals surface area contributed by atoms with Crippen LogP contribution in [0.1, 0.15) is 17.5 Å². The minimum absolute atomic E-state index is 0.0763. The van der Waals surface area contributed by atoms with Crippen molar-refractivity contribution in [3.8, 4) is 17.6 Å². The second-order valence-corrected chi connectivity index (χ2v) is 8.80. The number of nitrogens with zero attached hydrogens (tertiary/aromatic N) is 6. The minimum Gasteiger partial charge on any atom is -0.457 e. The van der Waals surface area contributed by atoms with Crippen LogP contribution in [0.25, 0.3) is 16.6 Å². The van der Waals surface area contributed by atoms with E-state index < -0.39 is 0 Å². The number of fused-ring (bicyclic) bond motifs is 2. The number of ether oxygens (including phenoxy) is 1. The average Bonchev–Trinajstić information content (AvgIpc) is 3.51. The Hall–Kier alpha value is -5.23. The summed E-state index contributed by atoms with van der Waals surface area (Å²) >= 11 is 0. The summed E-state index contributed by atoms with van der Waals surface area (Å²) in [6.07, 6.45) is 5.48. The predicted molar refractivity (Wildman–Crippen MR) is 140 cm³/mol. The Bertz CT molecular complexity index is 1770. The van der Waals surface area contributed by atoms with Crippen LogP contribution < -0.4 is 15.0 Å². The number of pyridine rings is 2. The van der Waals surface area contributed by atoms with Crippen LogP contribution in [0.15, 0.2) is 79.4 Å². The van der Waals surface area contributed by atoms with E-state index in [1.54, 1.807) is 21.8 Å². The van der Waals surface area contributed by atoms with Crippen LogP contribution in [0, 0.1) is 18.3 Å². The van der Waals surface area contributed by atoms with Crippen LogP contribution in [0.5, 0.6) is 11.5 Å². The molecule has 37 heavy (non-hydrogen) atoms. The van der Waals surface area contributed by atoms with Crippen molar-refractivity contribution >= 4 is 39.5 Å². The number of hydrogen-bond acceptors (Lipinski definition) is 7. The first-order valence-corrected chi connectivity index (χ1v) is 11.7. The number of carbonyl (C=O) groups is 1. The summed E-state index contributed by atoms with van der Waals surface area (Å²) in [4.78, 5) is 22.8. The van der Waals surface area contributed by atoms with E-state index in [9.17, 15) is 10.1 Å². The van der Waals surface area contributed by atoms with E-state index in [-0.39, 0.29) is 5.91 Å². The van der Waals surface area contributed by atoms with Crippen molar-refractivity contribution in [2.75, 3.05) is 16.8 Å². The summed E-state index contributed by atoms with van der Waals surface area (Å²) in [5, 5.41) is 18.0. The van der Waals surface area contributed by atoms with Gasteiger partial charge in [-0.15, -0.1) is 0 Å². The Morgan fingerprint density at radius 1 is 1.14 bits per heavy atom. The SMILES string of the molecule is C=C1CCN(c2ccc3ncc(C#N)c(Nc4ccc(Oc5ccn6ncnc6c5)c(C)c4)c3c2)C1=O. The second kappa shape index (κ2) is 8.77. The number of anilines is 3. The molecule has 1 saturated heterocycles. The summed E-state index contributed by atoms with van der Waals surface area (Å²) in [6.45, 7) is 6.39. The molecule has 1 fully saturated rings. The van der Waals surface area contributed by atoms with Gasteiger partial charge in [-0.25, -0.2) is 9.50 Å². The highest BCUT2D eigenvalue weighted by atomic mass is 16.5. The lowest BCUT2D eigenvalue weighted by Crippen LogP contribution is -2.24. The Morgan fingerprint density at radius 3 is 2.81 bits per heavy atom. The van der Waals surface area contributed by atoms with Gasteiger partial charge in [-0.05, 0) is 61.4 Å². The van der Waals surface area contributed by atoms with E-state index >= 15 is 0 Å². The molecule has 0 bridgehead atoms. The third-order valence-electron chi connectivity index (χ3n) is 6.39. The maximum Gasteiger partial charge on any atom is 0.253 e. The van der Waals surface area contributed by atoms with Crippen molar-refractivity contribution in [3.63, 3.8) is 0 Å². The van der Waals surface area contributed by atoms with Crippen LogP contribution in [0.4, 0.5) is 17.1 Å². The van der Waals surface area contributed by atoms with Crippen LogP contribution in [-0.4, -0.2) is 32.0 Å². The maximum absolute atomic E-state index is 12.5. The molecule has 9 heteroatoms. The molecule has 0 radical (unpaired) electrons. The molecule has 4 heterocycles. The molecule has 1 N–H and O–H groups in total. The van der Waals surface area contributed by atoms with E-state index in [0.29, 0.717) is 46.9 Å². The molecule has 1 aliphatic rings. The van der Waals surface area contributed by atoms with Crippen LogP contribution in [0.3, 0.4) is 0 Å². The number of nitriles is 1. The lowest BCUT2D eigenvalue weighted by molar-refractivity contribution is -0.114. The quantitative estimate of drug-likeness (QED) is 0.336. The number of aryl methyl sites for hydroxylation is 1. The van der Waals surface area contributed by atoms with Gasteiger partial charge in [0.25, 0.3) is 5.91 Å². The average molecular weight is 488 g/mol. The molecule has 3 aromatic heterocycles.